The number of hydrogen-bond donors (Lipinski definition) is 2. The lowest BCUT2D eigenvalue weighted by atomic mass is 10.3. The van der Waals surface area contributed by atoms with Gasteiger partial charge in [0.1, 0.15) is 11.8 Å². The maximum Gasteiger partial charge on any atom is 0.325 e. The Morgan fingerprint density at radius 2 is 2.24 bits per heavy atom. The number of carbonyl (C=O) groups is 2. The van der Waals surface area contributed by atoms with Crippen molar-refractivity contribution in [1.82, 2.24) is 5.32 Å². The molecule has 0 bridgehead atoms. The summed E-state index contributed by atoms with van der Waals surface area (Å²) in [7, 11) is 0. The van der Waals surface area contributed by atoms with E-state index in [-0.39, 0.29) is 6.61 Å². The first-order valence-corrected chi connectivity index (χ1v) is 5.69. The van der Waals surface area contributed by atoms with E-state index in [1.807, 2.05) is 6.07 Å². The molecule has 0 aliphatic heterocycles. The van der Waals surface area contributed by atoms with Gasteiger partial charge in [0.2, 0.25) is 0 Å². The lowest BCUT2D eigenvalue weighted by Gasteiger charge is -2.10. The van der Waals surface area contributed by atoms with Crippen molar-refractivity contribution in [3.8, 4) is 5.75 Å². The Kier molecular flexibility index (Phi) is 4.96. The average Bonchev–Trinajstić information content (AvgIpc) is 2.26. The number of ether oxygens (including phenoxy) is 1. The number of aliphatic carboxylic acids is 1. The number of nitrogens with one attached hydrogen (secondary N) is 1. The molecule has 1 amide bonds. The van der Waals surface area contributed by atoms with Crippen LogP contribution in [0.1, 0.15) is 6.92 Å². The Morgan fingerprint density at radius 1 is 1.53 bits per heavy atom. The molecular weight excluding hydrogens is 290 g/mol. The molecular formula is C11H12BrNO4. The van der Waals surface area contributed by atoms with E-state index in [1.54, 1.807) is 18.2 Å². The molecule has 0 spiro atoms. The normalized spacial score (nSPS) is 11.6. The third-order valence-corrected chi connectivity index (χ3v) is 2.41. The zero-order valence-corrected chi connectivity index (χ0v) is 10.7. The molecule has 1 aromatic carbocycles. The summed E-state index contributed by atoms with van der Waals surface area (Å²) in [4.78, 5) is 21.8. The first-order chi connectivity index (χ1) is 7.99. The Morgan fingerprint density at radius 3 is 2.82 bits per heavy atom. The first-order valence-electron chi connectivity index (χ1n) is 4.89. The van der Waals surface area contributed by atoms with Crippen molar-refractivity contribution in [2.75, 3.05) is 6.61 Å². The van der Waals surface area contributed by atoms with Crippen LogP contribution in [0.25, 0.3) is 0 Å². The lowest BCUT2D eigenvalue weighted by molar-refractivity contribution is -0.141. The van der Waals surface area contributed by atoms with E-state index in [4.69, 9.17) is 9.84 Å². The zero-order valence-electron chi connectivity index (χ0n) is 9.14. The second-order valence-electron chi connectivity index (χ2n) is 3.37. The predicted molar refractivity (Wildman–Crippen MR) is 64.9 cm³/mol. The number of carboxylic acid groups (broad SMARTS) is 1. The molecule has 0 heterocycles. The maximum absolute atomic E-state index is 11.3. The maximum atomic E-state index is 11.3. The minimum atomic E-state index is -1.08. The zero-order chi connectivity index (χ0) is 12.8. The minimum absolute atomic E-state index is 0.214. The number of carboxylic acids is 1. The molecule has 0 unspecified atom stereocenters. The van der Waals surface area contributed by atoms with Gasteiger partial charge in [-0.25, -0.2) is 0 Å². The third kappa shape index (κ3) is 4.86. The number of amides is 1. The molecule has 0 aromatic heterocycles. The summed E-state index contributed by atoms with van der Waals surface area (Å²) in [5.74, 6) is -1.02. The lowest BCUT2D eigenvalue weighted by Crippen LogP contribution is -2.40. The van der Waals surface area contributed by atoms with Gasteiger partial charge in [0.25, 0.3) is 5.91 Å². The van der Waals surface area contributed by atoms with E-state index in [9.17, 15) is 9.59 Å². The fourth-order valence-electron chi connectivity index (χ4n) is 1.05. The molecule has 92 valence electrons. The van der Waals surface area contributed by atoms with Gasteiger partial charge in [-0.2, -0.15) is 0 Å². The van der Waals surface area contributed by atoms with Crippen LogP contribution in [0.2, 0.25) is 0 Å². The second-order valence-corrected chi connectivity index (χ2v) is 4.29. The van der Waals surface area contributed by atoms with Crippen molar-refractivity contribution in [2.24, 2.45) is 0 Å². The molecule has 1 rings (SSSR count). The molecule has 17 heavy (non-hydrogen) atoms. The van der Waals surface area contributed by atoms with E-state index in [2.05, 4.69) is 21.2 Å². The molecule has 0 aliphatic carbocycles. The first kappa shape index (κ1) is 13.5. The minimum Gasteiger partial charge on any atom is -0.484 e. The van der Waals surface area contributed by atoms with E-state index >= 15 is 0 Å². The van der Waals surface area contributed by atoms with Crippen molar-refractivity contribution in [3.05, 3.63) is 28.7 Å². The van der Waals surface area contributed by atoms with Crippen LogP contribution in [-0.4, -0.2) is 29.6 Å². The van der Waals surface area contributed by atoms with Crippen molar-refractivity contribution in [3.63, 3.8) is 0 Å². The smallest absolute Gasteiger partial charge is 0.325 e. The van der Waals surface area contributed by atoms with Gasteiger partial charge in [-0.3, -0.25) is 9.59 Å². The van der Waals surface area contributed by atoms with Crippen molar-refractivity contribution in [1.29, 1.82) is 0 Å². The van der Waals surface area contributed by atoms with Gasteiger partial charge < -0.3 is 15.2 Å². The van der Waals surface area contributed by atoms with Crippen molar-refractivity contribution < 1.29 is 19.4 Å². The fourth-order valence-corrected chi connectivity index (χ4v) is 1.43. The van der Waals surface area contributed by atoms with Gasteiger partial charge in [-0.1, -0.05) is 22.0 Å². The molecule has 6 heteroatoms. The van der Waals surface area contributed by atoms with E-state index in [1.165, 1.54) is 6.92 Å². The summed E-state index contributed by atoms with van der Waals surface area (Å²) in [6, 6.07) is 6.11. The summed E-state index contributed by atoms with van der Waals surface area (Å²) in [5.41, 5.74) is 0. The van der Waals surface area contributed by atoms with Crippen LogP contribution in [0.4, 0.5) is 0 Å². The van der Waals surface area contributed by atoms with Gasteiger partial charge in [-0.15, -0.1) is 0 Å². The van der Waals surface area contributed by atoms with Gasteiger partial charge in [0, 0.05) is 4.47 Å². The third-order valence-electron chi connectivity index (χ3n) is 1.91. The van der Waals surface area contributed by atoms with Gasteiger partial charge in [0.15, 0.2) is 6.61 Å². The molecule has 0 radical (unpaired) electrons. The van der Waals surface area contributed by atoms with Crippen LogP contribution in [0.5, 0.6) is 5.75 Å². The van der Waals surface area contributed by atoms with Crippen LogP contribution in [0.3, 0.4) is 0 Å². The van der Waals surface area contributed by atoms with E-state index in [0.29, 0.717) is 5.75 Å². The van der Waals surface area contributed by atoms with E-state index < -0.39 is 17.9 Å². The SMILES string of the molecule is C[C@@H](NC(=O)COc1cccc(Br)c1)C(=O)O. The summed E-state index contributed by atoms with van der Waals surface area (Å²) in [6.07, 6.45) is 0. The number of benzene rings is 1. The van der Waals surface area contributed by atoms with Crippen molar-refractivity contribution >= 4 is 27.8 Å². The van der Waals surface area contributed by atoms with Gasteiger partial charge >= 0.3 is 5.97 Å². The number of carbonyl (C=O) groups excluding carboxylic acids is 1. The Bertz CT molecular complexity index is 422. The standard InChI is InChI=1S/C11H12BrNO4/c1-7(11(15)16)13-10(14)6-17-9-4-2-3-8(12)5-9/h2-5,7H,6H2,1H3,(H,13,14)(H,15,16)/t7-/m1/s1. The summed E-state index contributed by atoms with van der Waals surface area (Å²) in [6.45, 7) is 1.17. The molecule has 0 saturated carbocycles. The number of halogens is 1. The molecule has 5 nitrogen and oxygen atoms in total. The summed E-state index contributed by atoms with van der Waals surface area (Å²) >= 11 is 3.27. The molecule has 1 aromatic rings. The van der Waals surface area contributed by atoms with Crippen LogP contribution >= 0.6 is 15.9 Å². The summed E-state index contributed by atoms with van der Waals surface area (Å²) in [5, 5.41) is 10.9. The predicted octanol–water partition coefficient (Wildman–Crippen LogP) is 1.42. The fraction of sp³-hybridized carbons (Fsp3) is 0.273. The average molecular weight is 302 g/mol. The topological polar surface area (TPSA) is 75.6 Å². The van der Waals surface area contributed by atoms with Crippen LogP contribution < -0.4 is 10.1 Å². The van der Waals surface area contributed by atoms with Crippen LogP contribution in [-0.2, 0) is 9.59 Å². The number of hydrogen-bond acceptors (Lipinski definition) is 3. The Labute approximate surface area is 107 Å². The highest BCUT2D eigenvalue weighted by molar-refractivity contribution is 9.10. The monoisotopic (exact) mass is 301 g/mol. The van der Waals surface area contributed by atoms with Crippen molar-refractivity contribution in [2.45, 2.75) is 13.0 Å². The Balaban J connectivity index is 2.41. The van der Waals surface area contributed by atoms with Gasteiger partial charge in [0.05, 0.1) is 0 Å². The largest absolute Gasteiger partial charge is 0.484 e. The Hall–Kier alpha value is -1.56. The molecule has 2 N–H and O–H groups in total. The highest BCUT2D eigenvalue weighted by atomic mass is 79.9. The van der Waals surface area contributed by atoms with Crippen LogP contribution in [0.15, 0.2) is 28.7 Å². The molecule has 0 saturated heterocycles. The highest BCUT2D eigenvalue weighted by Crippen LogP contribution is 2.17. The second kappa shape index (κ2) is 6.24. The molecule has 0 aliphatic rings. The molecule has 1 atom stereocenters. The molecule has 0 fully saturated rings. The van der Waals surface area contributed by atoms with Crippen LogP contribution in [0, 0.1) is 0 Å². The highest BCUT2D eigenvalue weighted by Gasteiger charge is 2.13. The van der Waals surface area contributed by atoms with Gasteiger partial charge in [-0.05, 0) is 25.1 Å². The van der Waals surface area contributed by atoms with E-state index in [0.717, 1.165) is 4.47 Å². The quantitative estimate of drug-likeness (QED) is 0.862. The number of rotatable bonds is 5. The summed E-state index contributed by atoms with van der Waals surface area (Å²) < 4.78 is 6.04.